The first-order valence-corrected chi connectivity index (χ1v) is 7.15. The standard InChI is InChI=1S/C12H15ClN2OS/c13-6-7-14-12(16)15-10-5-8-17-11-4-2-1-3-9(10)11/h1-4,10H,5-8H2,(H2,14,15,16)/t10-/m0/s1. The van der Waals surface area contributed by atoms with E-state index in [9.17, 15) is 4.79 Å². The molecule has 1 aliphatic rings. The molecule has 92 valence electrons. The second-order valence-corrected chi connectivity index (χ2v) is 5.33. The summed E-state index contributed by atoms with van der Waals surface area (Å²) in [5.41, 5.74) is 1.21. The molecule has 0 saturated carbocycles. The number of fused-ring (bicyclic) bond motifs is 1. The molecule has 1 aromatic rings. The summed E-state index contributed by atoms with van der Waals surface area (Å²) in [4.78, 5) is 12.9. The lowest BCUT2D eigenvalue weighted by molar-refractivity contribution is 0.237. The van der Waals surface area contributed by atoms with Crippen LogP contribution in [0.25, 0.3) is 0 Å². The third-order valence-electron chi connectivity index (χ3n) is 2.64. The maximum atomic E-state index is 11.6. The largest absolute Gasteiger partial charge is 0.337 e. The number of hydrogen-bond donors (Lipinski definition) is 2. The second kappa shape index (κ2) is 6.17. The second-order valence-electron chi connectivity index (χ2n) is 3.82. The molecule has 2 N–H and O–H groups in total. The molecule has 1 atom stereocenters. The molecule has 0 fully saturated rings. The molecule has 1 aliphatic heterocycles. The molecule has 2 amide bonds. The Morgan fingerprint density at radius 3 is 3.12 bits per heavy atom. The topological polar surface area (TPSA) is 41.1 Å². The number of nitrogens with one attached hydrogen (secondary N) is 2. The summed E-state index contributed by atoms with van der Waals surface area (Å²) in [6.07, 6.45) is 0.968. The number of carbonyl (C=O) groups is 1. The van der Waals surface area contributed by atoms with E-state index >= 15 is 0 Å². The van der Waals surface area contributed by atoms with E-state index in [-0.39, 0.29) is 12.1 Å². The number of carbonyl (C=O) groups excluding carboxylic acids is 1. The molecule has 3 nitrogen and oxygen atoms in total. The molecule has 0 spiro atoms. The van der Waals surface area contributed by atoms with E-state index in [1.54, 1.807) is 0 Å². The Labute approximate surface area is 110 Å². The Hall–Kier alpha value is -0.870. The van der Waals surface area contributed by atoms with Gasteiger partial charge in [0.15, 0.2) is 0 Å². The van der Waals surface area contributed by atoms with Gasteiger partial charge in [-0.3, -0.25) is 0 Å². The van der Waals surface area contributed by atoms with E-state index in [1.807, 2.05) is 23.9 Å². The van der Waals surface area contributed by atoms with Crippen LogP contribution in [-0.2, 0) is 0 Å². The van der Waals surface area contributed by atoms with Crippen molar-refractivity contribution in [3.8, 4) is 0 Å². The fraction of sp³-hybridized carbons (Fsp3) is 0.417. The molecule has 1 heterocycles. The van der Waals surface area contributed by atoms with Crippen molar-refractivity contribution < 1.29 is 4.79 Å². The van der Waals surface area contributed by atoms with E-state index in [0.717, 1.165) is 12.2 Å². The van der Waals surface area contributed by atoms with Gasteiger partial charge in [0.2, 0.25) is 0 Å². The van der Waals surface area contributed by atoms with Gasteiger partial charge in [-0.25, -0.2) is 4.79 Å². The van der Waals surface area contributed by atoms with Crippen molar-refractivity contribution in [1.29, 1.82) is 0 Å². The van der Waals surface area contributed by atoms with Crippen molar-refractivity contribution in [2.45, 2.75) is 17.4 Å². The van der Waals surface area contributed by atoms with E-state index in [4.69, 9.17) is 11.6 Å². The first kappa shape index (κ1) is 12.6. The van der Waals surface area contributed by atoms with Gasteiger partial charge in [-0.1, -0.05) is 18.2 Å². The minimum Gasteiger partial charge on any atom is -0.337 e. The molecule has 2 rings (SSSR count). The van der Waals surface area contributed by atoms with Gasteiger partial charge >= 0.3 is 6.03 Å². The zero-order valence-corrected chi connectivity index (χ0v) is 11.0. The van der Waals surface area contributed by atoms with Crippen LogP contribution in [-0.4, -0.2) is 24.2 Å². The maximum absolute atomic E-state index is 11.6. The Balaban J connectivity index is 2.01. The van der Waals surface area contributed by atoms with Gasteiger partial charge in [0.1, 0.15) is 0 Å². The Bertz CT molecular complexity index is 400. The number of halogens is 1. The van der Waals surface area contributed by atoms with E-state index < -0.39 is 0 Å². The first-order valence-electron chi connectivity index (χ1n) is 5.63. The third kappa shape index (κ3) is 3.30. The highest BCUT2D eigenvalue weighted by Crippen LogP contribution is 2.35. The van der Waals surface area contributed by atoms with Gasteiger partial charge in [-0.15, -0.1) is 23.4 Å². The fourth-order valence-corrected chi connectivity index (χ4v) is 3.08. The lowest BCUT2D eigenvalue weighted by Crippen LogP contribution is -2.39. The highest BCUT2D eigenvalue weighted by atomic mass is 35.5. The molecular weight excluding hydrogens is 256 g/mol. The van der Waals surface area contributed by atoms with Gasteiger partial charge in [0, 0.05) is 23.1 Å². The highest BCUT2D eigenvalue weighted by Gasteiger charge is 2.21. The van der Waals surface area contributed by atoms with E-state index in [1.165, 1.54) is 10.5 Å². The van der Waals surface area contributed by atoms with Crippen LogP contribution in [0.3, 0.4) is 0 Å². The average Bonchev–Trinajstić information content (AvgIpc) is 2.37. The van der Waals surface area contributed by atoms with Crippen LogP contribution < -0.4 is 10.6 Å². The fourth-order valence-electron chi connectivity index (χ4n) is 1.86. The maximum Gasteiger partial charge on any atom is 0.315 e. The van der Waals surface area contributed by atoms with Crippen molar-refractivity contribution in [2.75, 3.05) is 18.2 Å². The summed E-state index contributed by atoms with van der Waals surface area (Å²) >= 11 is 7.37. The molecule has 0 unspecified atom stereocenters. The Morgan fingerprint density at radius 2 is 2.29 bits per heavy atom. The molecule has 0 saturated heterocycles. The summed E-state index contributed by atoms with van der Waals surface area (Å²) in [6.45, 7) is 0.497. The van der Waals surface area contributed by atoms with Crippen molar-refractivity contribution in [1.82, 2.24) is 10.6 Å². The molecule has 5 heteroatoms. The monoisotopic (exact) mass is 270 g/mol. The van der Waals surface area contributed by atoms with Crippen molar-refractivity contribution in [3.05, 3.63) is 29.8 Å². The van der Waals surface area contributed by atoms with Crippen LogP contribution in [0.15, 0.2) is 29.2 Å². The van der Waals surface area contributed by atoms with Crippen LogP contribution in [0.4, 0.5) is 4.79 Å². The quantitative estimate of drug-likeness (QED) is 0.830. The predicted molar refractivity (Wildman–Crippen MR) is 71.8 cm³/mol. The smallest absolute Gasteiger partial charge is 0.315 e. The van der Waals surface area contributed by atoms with Crippen LogP contribution in [0.5, 0.6) is 0 Å². The molecular formula is C12H15ClN2OS. The normalized spacial score (nSPS) is 18.3. The van der Waals surface area contributed by atoms with Crippen molar-refractivity contribution in [2.24, 2.45) is 0 Å². The van der Waals surface area contributed by atoms with Crippen molar-refractivity contribution in [3.63, 3.8) is 0 Å². The molecule has 0 radical (unpaired) electrons. The zero-order valence-electron chi connectivity index (χ0n) is 9.41. The number of urea groups is 1. The van der Waals surface area contributed by atoms with Crippen LogP contribution in [0.2, 0.25) is 0 Å². The lowest BCUT2D eigenvalue weighted by Gasteiger charge is -2.25. The van der Waals surface area contributed by atoms with Crippen LogP contribution in [0, 0.1) is 0 Å². The van der Waals surface area contributed by atoms with Gasteiger partial charge in [0.25, 0.3) is 0 Å². The van der Waals surface area contributed by atoms with E-state index in [2.05, 4.69) is 22.8 Å². The zero-order chi connectivity index (χ0) is 12.1. The Morgan fingerprint density at radius 1 is 1.47 bits per heavy atom. The minimum absolute atomic E-state index is 0.114. The van der Waals surface area contributed by atoms with Crippen LogP contribution in [0.1, 0.15) is 18.0 Å². The predicted octanol–water partition coefficient (Wildman–Crippen LogP) is 2.76. The molecule has 0 aliphatic carbocycles. The summed E-state index contributed by atoms with van der Waals surface area (Å²) in [5, 5.41) is 5.71. The van der Waals surface area contributed by atoms with Gasteiger partial charge in [-0.2, -0.15) is 0 Å². The SMILES string of the molecule is O=C(NCCCl)N[C@H]1CCSc2ccccc21. The van der Waals surface area contributed by atoms with Gasteiger partial charge in [-0.05, 0) is 18.1 Å². The van der Waals surface area contributed by atoms with Gasteiger partial charge < -0.3 is 10.6 Å². The van der Waals surface area contributed by atoms with Crippen LogP contribution >= 0.6 is 23.4 Å². The van der Waals surface area contributed by atoms with Crippen molar-refractivity contribution >= 4 is 29.4 Å². The summed E-state index contributed by atoms with van der Waals surface area (Å²) in [5.74, 6) is 1.47. The number of thioether (sulfide) groups is 1. The number of alkyl halides is 1. The summed E-state index contributed by atoms with van der Waals surface area (Å²) in [6, 6.07) is 8.19. The number of benzene rings is 1. The number of hydrogen-bond acceptors (Lipinski definition) is 2. The Kier molecular flexibility index (Phi) is 4.57. The molecule has 0 aromatic heterocycles. The number of amides is 2. The lowest BCUT2D eigenvalue weighted by atomic mass is 10.0. The summed E-state index contributed by atoms with van der Waals surface area (Å²) in [7, 11) is 0. The minimum atomic E-state index is -0.141. The molecule has 1 aromatic carbocycles. The van der Waals surface area contributed by atoms with E-state index in [0.29, 0.717) is 12.4 Å². The number of rotatable bonds is 3. The molecule has 17 heavy (non-hydrogen) atoms. The summed E-state index contributed by atoms with van der Waals surface area (Å²) < 4.78 is 0. The average molecular weight is 271 g/mol. The third-order valence-corrected chi connectivity index (χ3v) is 3.96. The van der Waals surface area contributed by atoms with Gasteiger partial charge in [0.05, 0.1) is 6.04 Å². The highest BCUT2D eigenvalue weighted by molar-refractivity contribution is 7.99. The molecule has 0 bridgehead atoms. The first-order chi connectivity index (χ1) is 8.31.